The van der Waals surface area contributed by atoms with Crippen molar-refractivity contribution in [1.82, 2.24) is 4.90 Å². The minimum atomic E-state index is -0.906. The first-order valence-electron chi connectivity index (χ1n) is 5.94. The zero-order valence-corrected chi connectivity index (χ0v) is 10.1. The number of carboxylic acids is 1. The van der Waals surface area contributed by atoms with Gasteiger partial charge in [0.05, 0.1) is 0 Å². The van der Waals surface area contributed by atoms with Crippen molar-refractivity contribution in [1.29, 1.82) is 0 Å². The number of nitrogens with zero attached hydrogens (tertiary/aromatic N) is 1. The third-order valence-electron chi connectivity index (χ3n) is 3.48. The molecule has 0 aliphatic carbocycles. The lowest BCUT2D eigenvalue weighted by atomic mass is 10.0. The fraction of sp³-hybridized carbons (Fsp3) is 0.462. The van der Waals surface area contributed by atoms with Crippen molar-refractivity contribution in [3.8, 4) is 0 Å². The van der Waals surface area contributed by atoms with E-state index in [0.29, 0.717) is 13.0 Å². The molecule has 0 saturated carbocycles. The van der Waals surface area contributed by atoms with E-state index in [-0.39, 0.29) is 5.56 Å². The summed E-state index contributed by atoms with van der Waals surface area (Å²) in [5.74, 6) is -1.92. The minimum Gasteiger partial charge on any atom is -0.480 e. The molecule has 5 heteroatoms. The van der Waals surface area contributed by atoms with Crippen molar-refractivity contribution >= 4 is 5.97 Å². The summed E-state index contributed by atoms with van der Waals surface area (Å²) in [4.78, 5) is 12.8. The van der Waals surface area contributed by atoms with Crippen LogP contribution in [0.25, 0.3) is 0 Å². The fourth-order valence-corrected chi connectivity index (χ4v) is 2.53. The SMILES string of the molecule is CC(c1cc(F)ccc1F)N1CCC[C@H]1C(=O)O. The molecule has 1 fully saturated rings. The van der Waals surface area contributed by atoms with Gasteiger partial charge >= 0.3 is 5.97 Å². The molecular weight excluding hydrogens is 240 g/mol. The van der Waals surface area contributed by atoms with Gasteiger partial charge in [-0.3, -0.25) is 9.69 Å². The summed E-state index contributed by atoms with van der Waals surface area (Å²) in [6.07, 6.45) is 1.31. The van der Waals surface area contributed by atoms with Gasteiger partial charge in [0.15, 0.2) is 0 Å². The van der Waals surface area contributed by atoms with Crippen LogP contribution in [-0.2, 0) is 4.79 Å². The van der Waals surface area contributed by atoms with Crippen molar-refractivity contribution in [2.24, 2.45) is 0 Å². The lowest BCUT2D eigenvalue weighted by molar-refractivity contribution is -0.142. The average Bonchev–Trinajstić information content (AvgIpc) is 2.80. The van der Waals surface area contributed by atoms with Crippen LogP contribution in [0.1, 0.15) is 31.4 Å². The van der Waals surface area contributed by atoms with Gasteiger partial charge in [0.25, 0.3) is 0 Å². The molecule has 2 rings (SSSR count). The monoisotopic (exact) mass is 255 g/mol. The summed E-state index contributed by atoms with van der Waals surface area (Å²) in [6.45, 7) is 2.30. The predicted octanol–water partition coefficient (Wildman–Crippen LogP) is 2.57. The van der Waals surface area contributed by atoms with Crippen molar-refractivity contribution in [2.75, 3.05) is 6.54 Å². The maximum Gasteiger partial charge on any atom is 0.320 e. The van der Waals surface area contributed by atoms with Crippen molar-refractivity contribution in [2.45, 2.75) is 31.8 Å². The minimum absolute atomic E-state index is 0.211. The van der Waals surface area contributed by atoms with E-state index in [4.69, 9.17) is 5.11 Å². The number of hydrogen-bond donors (Lipinski definition) is 1. The first-order chi connectivity index (χ1) is 8.50. The second-order valence-corrected chi connectivity index (χ2v) is 4.58. The van der Waals surface area contributed by atoms with Crippen LogP contribution < -0.4 is 0 Å². The smallest absolute Gasteiger partial charge is 0.320 e. The number of carbonyl (C=O) groups is 1. The molecule has 1 N–H and O–H groups in total. The van der Waals surface area contributed by atoms with E-state index < -0.39 is 29.7 Å². The highest BCUT2D eigenvalue weighted by Gasteiger charge is 2.34. The Morgan fingerprint density at radius 1 is 1.50 bits per heavy atom. The predicted molar refractivity (Wildman–Crippen MR) is 62.1 cm³/mol. The molecule has 0 radical (unpaired) electrons. The molecule has 1 aliphatic rings. The summed E-state index contributed by atoms with van der Waals surface area (Å²) in [7, 11) is 0. The van der Waals surface area contributed by atoms with Gasteiger partial charge in [-0.25, -0.2) is 8.78 Å². The van der Waals surface area contributed by atoms with Crippen LogP contribution in [-0.4, -0.2) is 28.6 Å². The normalized spacial score (nSPS) is 22.1. The molecule has 18 heavy (non-hydrogen) atoms. The van der Waals surface area contributed by atoms with Crippen LogP contribution >= 0.6 is 0 Å². The van der Waals surface area contributed by atoms with Crippen LogP contribution in [0.15, 0.2) is 18.2 Å². The molecule has 1 aromatic rings. The van der Waals surface area contributed by atoms with Crippen molar-refractivity contribution in [3.05, 3.63) is 35.4 Å². The van der Waals surface area contributed by atoms with Gasteiger partial charge in [-0.1, -0.05) is 0 Å². The third-order valence-corrected chi connectivity index (χ3v) is 3.48. The van der Waals surface area contributed by atoms with Crippen molar-refractivity contribution < 1.29 is 18.7 Å². The Morgan fingerprint density at radius 3 is 2.89 bits per heavy atom. The quantitative estimate of drug-likeness (QED) is 0.902. The number of hydrogen-bond acceptors (Lipinski definition) is 2. The molecule has 1 unspecified atom stereocenters. The maximum atomic E-state index is 13.7. The Bertz CT molecular complexity index is 464. The molecule has 98 valence electrons. The Labute approximate surface area is 104 Å². The van der Waals surface area contributed by atoms with E-state index in [1.165, 1.54) is 0 Å². The number of likely N-dealkylation sites (tertiary alicyclic amines) is 1. The topological polar surface area (TPSA) is 40.5 Å². The molecule has 0 spiro atoms. The maximum absolute atomic E-state index is 13.7. The van der Waals surface area contributed by atoms with Gasteiger partial charge in [0, 0.05) is 11.6 Å². The highest BCUT2D eigenvalue weighted by Crippen LogP contribution is 2.30. The van der Waals surface area contributed by atoms with Gasteiger partial charge in [0.1, 0.15) is 17.7 Å². The molecular formula is C13H15F2NO2. The van der Waals surface area contributed by atoms with E-state index in [1.54, 1.807) is 11.8 Å². The first-order valence-corrected chi connectivity index (χ1v) is 5.94. The van der Waals surface area contributed by atoms with Crippen LogP contribution in [0.2, 0.25) is 0 Å². The Morgan fingerprint density at radius 2 is 2.22 bits per heavy atom. The molecule has 1 aromatic carbocycles. The molecule has 3 nitrogen and oxygen atoms in total. The molecule has 0 amide bonds. The van der Waals surface area contributed by atoms with Gasteiger partial charge in [-0.05, 0) is 44.5 Å². The zero-order valence-electron chi connectivity index (χ0n) is 10.1. The Balaban J connectivity index is 2.27. The Kier molecular flexibility index (Phi) is 3.61. The lowest BCUT2D eigenvalue weighted by Gasteiger charge is -2.28. The molecule has 1 saturated heterocycles. The number of aliphatic carboxylic acids is 1. The van der Waals surface area contributed by atoms with E-state index in [2.05, 4.69) is 0 Å². The van der Waals surface area contributed by atoms with Gasteiger partial charge in [-0.15, -0.1) is 0 Å². The molecule has 0 bridgehead atoms. The van der Waals surface area contributed by atoms with Crippen LogP contribution in [0.5, 0.6) is 0 Å². The van der Waals surface area contributed by atoms with E-state index in [1.807, 2.05) is 0 Å². The second kappa shape index (κ2) is 5.02. The first kappa shape index (κ1) is 13.0. The molecule has 2 atom stereocenters. The lowest BCUT2D eigenvalue weighted by Crippen LogP contribution is -2.38. The standard InChI is InChI=1S/C13H15F2NO2/c1-8(10-7-9(14)4-5-11(10)15)16-6-2-3-12(16)13(17)18/h4-5,7-8,12H,2-3,6H2,1H3,(H,17,18)/t8?,12-/m0/s1. The van der Waals surface area contributed by atoms with Crippen LogP contribution in [0.3, 0.4) is 0 Å². The Hall–Kier alpha value is -1.49. The summed E-state index contributed by atoms with van der Waals surface area (Å²) in [6, 6.07) is 2.22. The molecule has 1 heterocycles. The summed E-state index contributed by atoms with van der Waals surface area (Å²) in [5.41, 5.74) is 0.211. The summed E-state index contributed by atoms with van der Waals surface area (Å²) in [5, 5.41) is 9.09. The van der Waals surface area contributed by atoms with E-state index >= 15 is 0 Å². The number of benzene rings is 1. The summed E-state index contributed by atoms with van der Waals surface area (Å²) >= 11 is 0. The number of carboxylic acid groups (broad SMARTS) is 1. The van der Waals surface area contributed by atoms with Crippen LogP contribution in [0.4, 0.5) is 8.78 Å². The summed E-state index contributed by atoms with van der Waals surface area (Å²) < 4.78 is 26.8. The van der Waals surface area contributed by atoms with Crippen molar-refractivity contribution in [3.63, 3.8) is 0 Å². The van der Waals surface area contributed by atoms with E-state index in [9.17, 15) is 13.6 Å². The highest BCUT2D eigenvalue weighted by molar-refractivity contribution is 5.73. The molecule has 1 aliphatic heterocycles. The van der Waals surface area contributed by atoms with Gasteiger partial charge in [-0.2, -0.15) is 0 Å². The zero-order chi connectivity index (χ0) is 13.3. The largest absolute Gasteiger partial charge is 0.480 e. The van der Waals surface area contributed by atoms with E-state index in [0.717, 1.165) is 24.6 Å². The van der Waals surface area contributed by atoms with Gasteiger partial charge in [0.2, 0.25) is 0 Å². The number of halogens is 2. The average molecular weight is 255 g/mol. The van der Waals surface area contributed by atoms with Gasteiger partial charge < -0.3 is 5.11 Å². The molecule has 0 aromatic heterocycles. The second-order valence-electron chi connectivity index (χ2n) is 4.58. The fourth-order valence-electron chi connectivity index (χ4n) is 2.53. The highest BCUT2D eigenvalue weighted by atomic mass is 19.1. The number of rotatable bonds is 3. The van der Waals surface area contributed by atoms with Crippen LogP contribution in [0, 0.1) is 11.6 Å². The third kappa shape index (κ3) is 2.36.